The normalized spacial score (nSPS) is 16.1. The number of aryl methyl sites for hydroxylation is 1. The van der Waals surface area contributed by atoms with E-state index in [4.69, 9.17) is 5.11 Å². The van der Waals surface area contributed by atoms with Crippen molar-refractivity contribution in [2.24, 2.45) is 0 Å². The molecule has 0 unspecified atom stereocenters. The minimum Gasteiger partial charge on any atom is -0.395 e. The van der Waals surface area contributed by atoms with Gasteiger partial charge in [-0.3, -0.25) is 4.79 Å². The summed E-state index contributed by atoms with van der Waals surface area (Å²) in [6.07, 6.45) is 4.88. The lowest BCUT2D eigenvalue weighted by atomic mass is 10.2. The number of amides is 1. The quantitative estimate of drug-likeness (QED) is 0.885. The van der Waals surface area contributed by atoms with E-state index in [9.17, 15) is 4.79 Å². The molecule has 0 radical (unpaired) electrons. The molecule has 100 valence electrons. The molecule has 0 aliphatic heterocycles. The molecule has 1 aliphatic carbocycles. The molecular weight excluding hydrogens is 248 g/mol. The highest BCUT2D eigenvalue weighted by atomic mass is 32.1. The van der Waals surface area contributed by atoms with E-state index < -0.39 is 0 Å². The van der Waals surface area contributed by atoms with Crippen LogP contribution in [0.3, 0.4) is 0 Å². The van der Waals surface area contributed by atoms with Crippen LogP contribution in [-0.2, 0) is 11.2 Å². The van der Waals surface area contributed by atoms with Gasteiger partial charge in [0.1, 0.15) is 0 Å². The molecule has 5 heteroatoms. The summed E-state index contributed by atoms with van der Waals surface area (Å²) >= 11 is 1.57. The van der Waals surface area contributed by atoms with Gasteiger partial charge in [-0.25, -0.2) is 4.98 Å². The first-order valence-corrected chi connectivity index (χ1v) is 7.40. The molecule has 1 heterocycles. The Kier molecular flexibility index (Phi) is 4.72. The summed E-state index contributed by atoms with van der Waals surface area (Å²) in [6.45, 7) is 2.44. The second kappa shape index (κ2) is 6.29. The van der Waals surface area contributed by atoms with E-state index in [1.54, 1.807) is 11.3 Å². The highest BCUT2D eigenvalue weighted by Crippen LogP contribution is 2.24. The lowest BCUT2D eigenvalue weighted by Gasteiger charge is -2.28. The van der Waals surface area contributed by atoms with Crippen LogP contribution >= 0.6 is 11.3 Å². The molecule has 0 saturated heterocycles. The Morgan fingerprint density at radius 3 is 2.83 bits per heavy atom. The van der Waals surface area contributed by atoms with E-state index in [0.29, 0.717) is 19.0 Å². The number of thiazole rings is 1. The molecule has 1 fully saturated rings. The number of hydrogen-bond acceptors (Lipinski definition) is 4. The highest BCUT2D eigenvalue weighted by Gasteiger charge is 2.26. The van der Waals surface area contributed by atoms with Crippen LogP contribution in [0.2, 0.25) is 0 Å². The van der Waals surface area contributed by atoms with Crippen LogP contribution < -0.4 is 0 Å². The molecule has 1 aromatic heterocycles. The fourth-order valence-corrected chi connectivity index (χ4v) is 3.19. The van der Waals surface area contributed by atoms with Gasteiger partial charge in [-0.2, -0.15) is 0 Å². The molecule has 18 heavy (non-hydrogen) atoms. The van der Waals surface area contributed by atoms with Crippen molar-refractivity contribution in [1.82, 2.24) is 9.88 Å². The molecule has 0 aromatic carbocycles. The molecule has 2 rings (SSSR count). The summed E-state index contributed by atoms with van der Waals surface area (Å²) in [5.74, 6) is 0.0984. The number of aliphatic hydroxyl groups is 1. The minimum absolute atomic E-state index is 0.0400. The van der Waals surface area contributed by atoms with Crippen LogP contribution in [0.1, 0.15) is 36.4 Å². The van der Waals surface area contributed by atoms with Crippen molar-refractivity contribution >= 4 is 17.2 Å². The van der Waals surface area contributed by atoms with E-state index in [2.05, 4.69) is 4.98 Å². The Balaban J connectivity index is 1.98. The van der Waals surface area contributed by atoms with E-state index in [0.717, 1.165) is 23.5 Å². The van der Waals surface area contributed by atoms with Gasteiger partial charge < -0.3 is 10.0 Å². The second-order valence-corrected chi connectivity index (χ2v) is 5.85. The average molecular weight is 268 g/mol. The number of nitrogens with zero attached hydrogens (tertiary/aromatic N) is 2. The topological polar surface area (TPSA) is 53.4 Å². The fourth-order valence-electron chi connectivity index (χ4n) is 2.58. The van der Waals surface area contributed by atoms with E-state index in [-0.39, 0.29) is 12.5 Å². The van der Waals surface area contributed by atoms with Crippen molar-refractivity contribution in [1.29, 1.82) is 0 Å². The van der Waals surface area contributed by atoms with E-state index in [1.807, 2.05) is 17.2 Å². The molecule has 1 N–H and O–H groups in total. The van der Waals surface area contributed by atoms with Gasteiger partial charge in [0.05, 0.1) is 23.7 Å². The Hall–Kier alpha value is -0.940. The Morgan fingerprint density at radius 2 is 2.28 bits per heavy atom. The first-order valence-electron chi connectivity index (χ1n) is 6.52. The van der Waals surface area contributed by atoms with Gasteiger partial charge in [-0.05, 0) is 19.8 Å². The van der Waals surface area contributed by atoms with Crippen molar-refractivity contribution < 1.29 is 9.90 Å². The molecule has 4 nitrogen and oxygen atoms in total. The van der Waals surface area contributed by atoms with Gasteiger partial charge in [0.25, 0.3) is 0 Å². The van der Waals surface area contributed by atoms with Crippen molar-refractivity contribution in [2.75, 3.05) is 13.2 Å². The fraction of sp³-hybridized carbons (Fsp3) is 0.692. The predicted octanol–water partition coefficient (Wildman–Crippen LogP) is 1.76. The van der Waals surface area contributed by atoms with Gasteiger partial charge in [0.2, 0.25) is 5.91 Å². The summed E-state index contributed by atoms with van der Waals surface area (Å²) in [6, 6.07) is 0.324. The maximum absolute atomic E-state index is 12.3. The zero-order valence-electron chi connectivity index (χ0n) is 10.8. The zero-order valence-corrected chi connectivity index (χ0v) is 11.6. The molecule has 1 saturated carbocycles. The smallest absolute Gasteiger partial charge is 0.228 e. The van der Waals surface area contributed by atoms with Crippen LogP contribution in [-0.4, -0.2) is 40.1 Å². The van der Waals surface area contributed by atoms with Crippen molar-refractivity contribution in [2.45, 2.75) is 45.1 Å². The van der Waals surface area contributed by atoms with Gasteiger partial charge in [-0.15, -0.1) is 11.3 Å². The monoisotopic (exact) mass is 268 g/mol. The van der Waals surface area contributed by atoms with Gasteiger partial charge in [0.15, 0.2) is 0 Å². The van der Waals surface area contributed by atoms with E-state index >= 15 is 0 Å². The molecule has 1 aliphatic rings. The number of carbonyl (C=O) groups excluding carboxylic acids is 1. The van der Waals surface area contributed by atoms with Crippen LogP contribution in [0.5, 0.6) is 0 Å². The third-order valence-corrected chi connectivity index (χ3v) is 4.25. The maximum Gasteiger partial charge on any atom is 0.228 e. The summed E-state index contributed by atoms with van der Waals surface area (Å²) in [5.41, 5.74) is 0.850. The van der Waals surface area contributed by atoms with Crippen LogP contribution in [0.15, 0.2) is 5.38 Å². The van der Waals surface area contributed by atoms with Crippen molar-refractivity contribution in [3.05, 3.63) is 16.1 Å². The number of aliphatic hydroxyl groups excluding tert-OH is 1. The maximum atomic E-state index is 12.3. The lowest BCUT2D eigenvalue weighted by Crippen LogP contribution is -2.41. The van der Waals surface area contributed by atoms with Crippen molar-refractivity contribution in [3.63, 3.8) is 0 Å². The lowest BCUT2D eigenvalue weighted by molar-refractivity contribution is -0.133. The third-order valence-electron chi connectivity index (χ3n) is 3.43. The first kappa shape index (κ1) is 13.5. The average Bonchev–Trinajstić information content (AvgIpc) is 2.97. The van der Waals surface area contributed by atoms with Crippen LogP contribution in [0.25, 0.3) is 0 Å². The summed E-state index contributed by atoms with van der Waals surface area (Å²) in [5, 5.41) is 12.0. The SMILES string of the molecule is Cc1nc(CC(=O)N(CCO)C2CCCC2)cs1. The molecule has 0 atom stereocenters. The summed E-state index contributed by atoms with van der Waals surface area (Å²) in [7, 11) is 0. The second-order valence-electron chi connectivity index (χ2n) is 4.78. The predicted molar refractivity (Wildman–Crippen MR) is 71.6 cm³/mol. The number of aromatic nitrogens is 1. The Morgan fingerprint density at radius 1 is 1.56 bits per heavy atom. The molecule has 1 amide bonds. The minimum atomic E-state index is 0.0400. The number of hydrogen-bond donors (Lipinski definition) is 1. The van der Waals surface area contributed by atoms with Gasteiger partial charge in [0, 0.05) is 18.0 Å². The molecular formula is C13H20N2O2S. The molecule has 0 bridgehead atoms. The van der Waals surface area contributed by atoms with E-state index in [1.165, 1.54) is 12.8 Å². The summed E-state index contributed by atoms with van der Waals surface area (Å²) in [4.78, 5) is 18.5. The number of carbonyl (C=O) groups is 1. The number of rotatable bonds is 5. The molecule has 0 spiro atoms. The Bertz CT molecular complexity index is 399. The Labute approximate surface area is 112 Å². The molecule has 1 aromatic rings. The summed E-state index contributed by atoms with van der Waals surface area (Å²) < 4.78 is 0. The van der Waals surface area contributed by atoms with Crippen LogP contribution in [0.4, 0.5) is 0 Å². The third kappa shape index (κ3) is 3.29. The van der Waals surface area contributed by atoms with Gasteiger partial charge in [-0.1, -0.05) is 12.8 Å². The van der Waals surface area contributed by atoms with Crippen LogP contribution in [0, 0.1) is 6.92 Å². The first-order chi connectivity index (χ1) is 8.70. The largest absolute Gasteiger partial charge is 0.395 e. The van der Waals surface area contributed by atoms with Gasteiger partial charge >= 0.3 is 0 Å². The standard InChI is InChI=1S/C13H20N2O2S/c1-10-14-11(9-18-10)8-13(17)15(6-7-16)12-4-2-3-5-12/h9,12,16H,2-8H2,1H3. The zero-order chi connectivity index (χ0) is 13.0. The van der Waals surface area contributed by atoms with Crippen molar-refractivity contribution in [3.8, 4) is 0 Å². The highest BCUT2D eigenvalue weighted by molar-refractivity contribution is 7.09.